The van der Waals surface area contributed by atoms with Gasteiger partial charge < -0.3 is 15.1 Å². The Kier molecular flexibility index (Phi) is 3.99. The van der Waals surface area contributed by atoms with Crippen molar-refractivity contribution in [2.24, 2.45) is 0 Å². The number of nitrogens with zero attached hydrogens (tertiary/aromatic N) is 1. The molecule has 1 aliphatic carbocycles. The van der Waals surface area contributed by atoms with Crippen LogP contribution in [0.3, 0.4) is 0 Å². The van der Waals surface area contributed by atoms with Gasteiger partial charge in [-0.15, -0.1) is 0 Å². The lowest BCUT2D eigenvalue weighted by Gasteiger charge is -2.26. The zero-order valence-corrected chi connectivity index (χ0v) is 11.8. The van der Waals surface area contributed by atoms with Crippen LogP contribution in [0, 0.1) is 5.82 Å². The van der Waals surface area contributed by atoms with Gasteiger partial charge in [-0.25, -0.2) is 4.39 Å². The first-order chi connectivity index (χ1) is 9.36. The molecule has 1 fully saturated rings. The number of phenolic OH excluding ortho intramolecular Hbond substituents is 1. The smallest absolute Gasteiger partial charge is 0.314 e. The third-order valence-electron chi connectivity index (χ3n) is 4.02. The van der Waals surface area contributed by atoms with Crippen LogP contribution in [-0.2, 0) is 16.8 Å². The predicted octanol–water partition coefficient (Wildman–Crippen LogP) is 2.49. The third-order valence-corrected chi connectivity index (χ3v) is 4.02. The lowest BCUT2D eigenvalue weighted by atomic mass is 9.77. The minimum atomic E-state index is -1.15. The molecule has 0 unspecified atom stereocenters. The molecular formula is C15H20FNO3. The highest BCUT2D eigenvalue weighted by Gasteiger charge is 2.45. The quantitative estimate of drug-likeness (QED) is 0.890. The van der Waals surface area contributed by atoms with E-state index in [0.29, 0.717) is 24.9 Å². The number of halogens is 1. The zero-order chi connectivity index (χ0) is 14.9. The van der Waals surface area contributed by atoms with Gasteiger partial charge in [0.15, 0.2) is 0 Å². The molecule has 0 aromatic heterocycles. The first-order valence-electron chi connectivity index (χ1n) is 6.77. The van der Waals surface area contributed by atoms with Crippen molar-refractivity contribution in [3.8, 4) is 5.75 Å². The summed E-state index contributed by atoms with van der Waals surface area (Å²) in [6.45, 7) is 0.367. The maximum Gasteiger partial charge on any atom is 0.314 e. The van der Waals surface area contributed by atoms with E-state index < -0.39 is 17.2 Å². The summed E-state index contributed by atoms with van der Waals surface area (Å²) in [4.78, 5) is 13.5. The molecule has 1 aliphatic rings. The van der Waals surface area contributed by atoms with Crippen LogP contribution in [0.5, 0.6) is 5.75 Å². The second-order valence-electron chi connectivity index (χ2n) is 5.79. The van der Waals surface area contributed by atoms with Gasteiger partial charge in [0.2, 0.25) is 0 Å². The Balaban J connectivity index is 2.55. The molecule has 0 spiro atoms. The molecule has 0 bridgehead atoms. The molecule has 2 N–H and O–H groups in total. The second-order valence-corrected chi connectivity index (χ2v) is 5.79. The van der Waals surface area contributed by atoms with Crippen molar-refractivity contribution in [1.82, 2.24) is 4.90 Å². The van der Waals surface area contributed by atoms with E-state index in [9.17, 15) is 19.4 Å². The topological polar surface area (TPSA) is 60.8 Å². The molecule has 0 heterocycles. The summed E-state index contributed by atoms with van der Waals surface area (Å²) < 4.78 is 13.8. The average Bonchev–Trinajstić information content (AvgIpc) is 2.83. The molecule has 5 heteroatoms. The number of phenols is 1. The van der Waals surface area contributed by atoms with Crippen molar-refractivity contribution < 1.29 is 19.4 Å². The summed E-state index contributed by atoms with van der Waals surface area (Å²) in [5.74, 6) is -1.56. The normalized spacial score (nSPS) is 17.6. The Hall–Kier alpha value is -1.62. The minimum absolute atomic E-state index is 0.0793. The van der Waals surface area contributed by atoms with Crippen molar-refractivity contribution in [2.45, 2.75) is 37.6 Å². The predicted molar refractivity (Wildman–Crippen MR) is 73.2 cm³/mol. The van der Waals surface area contributed by atoms with Crippen LogP contribution in [0.15, 0.2) is 12.1 Å². The van der Waals surface area contributed by atoms with Crippen molar-refractivity contribution in [1.29, 1.82) is 0 Å². The number of hydrogen-bond donors (Lipinski definition) is 2. The van der Waals surface area contributed by atoms with Gasteiger partial charge in [-0.1, -0.05) is 12.8 Å². The average molecular weight is 281 g/mol. The molecule has 2 rings (SSSR count). The number of benzene rings is 1. The number of aliphatic carboxylic acids is 1. The van der Waals surface area contributed by atoms with Crippen LogP contribution in [0.4, 0.5) is 4.39 Å². The summed E-state index contributed by atoms with van der Waals surface area (Å²) in [6.07, 6.45) is 2.46. The Morgan fingerprint density at radius 2 is 1.95 bits per heavy atom. The highest BCUT2D eigenvalue weighted by Crippen LogP contribution is 2.46. The lowest BCUT2D eigenvalue weighted by Crippen LogP contribution is -2.33. The summed E-state index contributed by atoms with van der Waals surface area (Å²) in [6, 6.07) is 2.44. The molecule has 110 valence electrons. The van der Waals surface area contributed by atoms with Gasteiger partial charge >= 0.3 is 5.97 Å². The first kappa shape index (κ1) is 14.8. The number of hydrogen-bond acceptors (Lipinski definition) is 3. The molecule has 1 saturated carbocycles. The molecule has 0 saturated heterocycles. The summed E-state index contributed by atoms with van der Waals surface area (Å²) in [5, 5.41) is 19.9. The highest BCUT2D eigenvalue weighted by molar-refractivity contribution is 5.83. The molecular weight excluding hydrogens is 261 g/mol. The highest BCUT2D eigenvalue weighted by atomic mass is 19.1. The van der Waals surface area contributed by atoms with Crippen molar-refractivity contribution in [3.05, 3.63) is 29.1 Å². The van der Waals surface area contributed by atoms with E-state index in [2.05, 4.69) is 0 Å². The summed E-state index contributed by atoms with van der Waals surface area (Å²) in [7, 11) is 3.62. The summed E-state index contributed by atoms with van der Waals surface area (Å²) >= 11 is 0. The Bertz CT molecular complexity index is 522. The van der Waals surface area contributed by atoms with Gasteiger partial charge in [0.05, 0.1) is 5.41 Å². The van der Waals surface area contributed by atoms with Crippen molar-refractivity contribution in [2.75, 3.05) is 14.1 Å². The van der Waals surface area contributed by atoms with Gasteiger partial charge in [-0.05, 0) is 39.1 Å². The minimum Gasteiger partial charge on any atom is -0.507 e. The zero-order valence-electron chi connectivity index (χ0n) is 11.8. The van der Waals surface area contributed by atoms with E-state index in [4.69, 9.17) is 0 Å². The van der Waals surface area contributed by atoms with Crippen LogP contribution in [0.2, 0.25) is 0 Å². The lowest BCUT2D eigenvalue weighted by molar-refractivity contribution is -0.143. The van der Waals surface area contributed by atoms with Crippen LogP contribution in [0.1, 0.15) is 36.8 Å². The second kappa shape index (κ2) is 5.40. The van der Waals surface area contributed by atoms with E-state index in [1.54, 1.807) is 4.90 Å². The molecule has 1 aromatic rings. The Labute approximate surface area is 117 Å². The van der Waals surface area contributed by atoms with Crippen LogP contribution in [0.25, 0.3) is 0 Å². The molecule has 0 amide bonds. The van der Waals surface area contributed by atoms with Crippen LogP contribution < -0.4 is 0 Å². The van der Waals surface area contributed by atoms with E-state index in [1.165, 1.54) is 12.1 Å². The number of carboxylic acids is 1. The molecule has 1 aromatic carbocycles. The fraction of sp³-hybridized carbons (Fsp3) is 0.533. The number of aromatic hydroxyl groups is 1. The number of carbonyl (C=O) groups is 1. The van der Waals surface area contributed by atoms with Gasteiger partial charge in [0.1, 0.15) is 11.6 Å². The van der Waals surface area contributed by atoms with Crippen LogP contribution in [-0.4, -0.2) is 35.2 Å². The SMILES string of the molecule is CN(C)Cc1cc(F)cc(C2(C(=O)O)CCCC2)c1O. The fourth-order valence-electron chi connectivity index (χ4n) is 3.06. The molecule has 4 nitrogen and oxygen atoms in total. The van der Waals surface area contributed by atoms with Crippen molar-refractivity contribution in [3.63, 3.8) is 0 Å². The van der Waals surface area contributed by atoms with E-state index in [0.717, 1.165) is 12.8 Å². The molecule has 20 heavy (non-hydrogen) atoms. The van der Waals surface area contributed by atoms with Crippen LogP contribution >= 0.6 is 0 Å². The standard InChI is InChI=1S/C15H20FNO3/c1-17(2)9-10-7-11(16)8-12(13(10)18)15(14(19)20)5-3-4-6-15/h7-8,18H,3-6,9H2,1-2H3,(H,19,20). The number of carboxylic acid groups (broad SMARTS) is 1. The fourth-order valence-corrected chi connectivity index (χ4v) is 3.06. The number of rotatable bonds is 4. The Morgan fingerprint density at radius 3 is 2.45 bits per heavy atom. The first-order valence-corrected chi connectivity index (χ1v) is 6.77. The van der Waals surface area contributed by atoms with Gasteiger partial charge in [-0.3, -0.25) is 4.79 Å². The van der Waals surface area contributed by atoms with Gasteiger partial charge in [-0.2, -0.15) is 0 Å². The van der Waals surface area contributed by atoms with Gasteiger partial charge in [0.25, 0.3) is 0 Å². The maximum absolute atomic E-state index is 13.8. The third kappa shape index (κ3) is 2.50. The van der Waals surface area contributed by atoms with Gasteiger partial charge in [0, 0.05) is 17.7 Å². The van der Waals surface area contributed by atoms with E-state index >= 15 is 0 Å². The monoisotopic (exact) mass is 281 g/mol. The Morgan fingerprint density at radius 1 is 1.35 bits per heavy atom. The summed E-state index contributed by atoms with van der Waals surface area (Å²) in [5.41, 5.74) is -0.496. The molecule has 0 aliphatic heterocycles. The maximum atomic E-state index is 13.8. The van der Waals surface area contributed by atoms with Crippen molar-refractivity contribution >= 4 is 5.97 Å². The molecule has 0 radical (unpaired) electrons. The van der Waals surface area contributed by atoms with E-state index in [1.807, 2.05) is 14.1 Å². The van der Waals surface area contributed by atoms with E-state index in [-0.39, 0.29) is 11.3 Å². The molecule has 0 atom stereocenters. The largest absolute Gasteiger partial charge is 0.507 e.